The Morgan fingerprint density at radius 3 is 2.70 bits per heavy atom. The Kier molecular flexibility index (Phi) is 7.52. The molecule has 0 aromatic carbocycles. The van der Waals surface area contributed by atoms with Crippen LogP contribution in [0.3, 0.4) is 0 Å². The van der Waals surface area contributed by atoms with Crippen LogP contribution in [0.15, 0.2) is 0 Å². The van der Waals surface area contributed by atoms with E-state index >= 15 is 0 Å². The van der Waals surface area contributed by atoms with Gasteiger partial charge in [-0.05, 0) is 64.7 Å². The minimum Gasteiger partial charge on any atom is -0.468 e. The monoisotopic (exact) mass is 284 g/mol. The molecule has 4 nitrogen and oxygen atoms in total. The number of rotatable bonds is 9. The van der Waals surface area contributed by atoms with E-state index in [0.29, 0.717) is 5.92 Å². The maximum Gasteiger partial charge on any atom is 0.326 e. The lowest BCUT2D eigenvalue weighted by Crippen LogP contribution is -2.56. The first-order chi connectivity index (χ1) is 9.60. The van der Waals surface area contributed by atoms with E-state index in [-0.39, 0.29) is 5.97 Å². The minimum atomic E-state index is -0.433. The molecule has 118 valence electrons. The van der Waals surface area contributed by atoms with Gasteiger partial charge >= 0.3 is 5.97 Å². The van der Waals surface area contributed by atoms with E-state index in [0.717, 1.165) is 51.7 Å². The van der Waals surface area contributed by atoms with Gasteiger partial charge in [-0.1, -0.05) is 20.3 Å². The van der Waals surface area contributed by atoms with Crippen LogP contribution in [-0.4, -0.2) is 50.2 Å². The molecule has 0 saturated heterocycles. The Labute approximate surface area is 124 Å². The first kappa shape index (κ1) is 17.4. The highest BCUT2D eigenvalue weighted by Gasteiger charge is 2.49. The number of esters is 1. The summed E-state index contributed by atoms with van der Waals surface area (Å²) in [6, 6.07) is 0. The molecule has 4 heteroatoms. The van der Waals surface area contributed by atoms with Crippen molar-refractivity contribution in [3.63, 3.8) is 0 Å². The van der Waals surface area contributed by atoms with Gasteiger partial charge < -0.3 is 15.0 Å². The van der Waals surface area contributed by atoms with E-state index in [1.54, 1.807) is 0 Å². The summed E-state index contributed by atoms with van der Waals surface area (Å²) in [6.07, 6.45) is 6.46. The quantitative estimate of drug-likeness (QED) is 0.660. The van der Waals surface area contributed by atoms with Crippen LogP contribution in [-0.2, 0) is 9.53 Å². The van der Waals surface area contributed by atoms with E-state index in [1.807, 2.05) is 0 Å². The third-order valence-electron chi connectivity index (χ3n) is 4.53. The van der Waals surface area contributed by atoms with Crippen molar-refractivity contribution in [2.45, 2.75) is 57.9 Å². The first-order valence-corrected chi connectivity index (χ1v) is 8.12. The van der Waals surface area contributed by atoms with Crippen LogP contribution in [0.4, 0.5) is 0 Å². The maximum atomic E-state index is 12.3. The average Bonchev–Trinajstić information content (AvgIpc) is 2.86. The first-order valence-electron chi connectivity index (χ1n) is 8.12. The molecular formula is C16H32N2O2. The number of carbonyl (C=O) groups excluding carboxylic acids is 1. The Bertz CT molecular complexity index is 296. The molecule has 0 amide bonds. The summed E-state index contributed by atoms with van der Waals surface area (Å²) in [7, 11) is 3.67. The van der Waals surface area contributed by atoms with Gasteiger partial charge in [0.25, 0.3) is 0 Å². The van der Waals surface area contributed by atoms with Crippen molar-refractivity contribution in [1.82, 2.24) is 10.2 Å². The van der Waals surface area contributed by atoms with Crippen molar-refractivity contribution in [2.24, 2.45) is 5.92 Å². The summed E-state index contributed by atoms with van der Waals surface area (Å²) < 4.78 is 5.10. The molecule has 0 aliphatic heterocycles. The van der Waals surface area contributed by atoms with E-state index in [9.17, 15) is 4.79 Å². The number of hydrogen-bond acceptors (Lipinski definition) is 4. The summed E-state index contributed by atoms with van der Waals surface area (Å²) in [6.45, 7) is 7.41. The number of methoxy groups -OCH3 is 1. The Hall–Kier alpha value is -0.610. The van der Waals surface area contributed by atoms with Crippen LogP contribution < -0.4 is 5.32 Å². The molecule has 1 saturated carbocycles. The second-order valence-corrected chi connectivity index (χ2v) is 6.07. The molecule has 0 spiro atoms. The number of nitrogens with zero attached hydrogens (tertiary/aromatic N) is 1. The third-order valence-corrected chi connectivity index (χ3v) is 4.53. The van der Waals surface area contributed by atoms with Crippen molar-refractivity contribution in [1.29, 1.82) is 0 Å². The highest BCUT2D eigenvalue weighted by Crippen LogP contribution is 2.39. The van der Waals surface area contributed by atoms with Gasteiger partial charge in [0.1, 0.15) is 5.54 Å². The molecule has 1 rings (SSSR count). The van der Waals surface area contributed by atoms with Gasteiger partial charge in [-0.2, -0.15) is 0 Å². The maximum absolute atomic E-state index is 12.3. The van der Waals surface area contributed by atoms with E-state index in [2.05, 4.69) is 31.1 Å². The van der Waals surface area contributed by atoms with Gasteiger partial charge in [-0.3, -0.25) is 4.79 Å². The fourth-order valence-corrected chi connectivity index (χ4v) is 3.44. The molecule has 1 N–H and O–H groups in total. The lowest BCUT2D eigenvalue weighted by molar-refractivity contribution is -0.150. The molecule has 1 fully saturated rings. The second kappa shape index (κ2) is 8.63. The van der Waals surface area contributed by atoms with Crippen molar-refractivity contribution in [3.05, 3.63) is 0 Å². The zero-order valence-corrected chi connectivity index (χ0v) is 13.7. The van der Waals surface area contributed by atoms with Gasteiger partial charge in [-0.15, -0.1) is 0 Å². The molecule has 0 aromatic rings. The number of carbonyl (C=O) groups is 1. The zero-order valence-electron chi connectivity index (χ0n) is 13.7. The summed E-state index contributed by atoms with van der Waals surface area (Å²) >= 11 is 0. The van der Waals surface area contributed by atoms with Gasteiger partial charge in [0.05, 0.1) is 7.11 Å². The van der Waals surface area contributed by atoms with E-state index < -0.39 is 5.54 Å². The average molecular weight is 284 g/mol. The highest BCUT2D eigenvalue weighted by atomic mass is 16.5. The summed E-state index contributed by atoms with van der Waals surface area (Å²) in [5, 5.41) is 3.51. The van der Waals surface area contributed by atoms with Crippen molar-refractivity contribution >= 4 is 5.97 Å². The Morgan fingerprint density at radius 1 is 1.35 bits per heavy atom. The Balaban J connectivity index is 2.67. The number of ether oxygens (including phenoxy) is 1. The minimum absolute atomic E-state index is 0.0633. The molecule has 0 bridgehead atoms. The van der Waals surface area contributed by atoms with Crippen molar-refractivity contribution in [3.8, 4) is 0 Å². The van der Waals surface area contributed by atoms with Gasteiger partial charge in [0.15, 0.2) is 0 Å². The predicted molar refractivity (Wildman–Crippen MR) is 82.8 cm³/mol. The third kappa shape index (κ3) is 4.19. The van der Waals surface area contributed by atoms with E-state index in [4.69, 9.17) is 4.74 Å². The molecule has 2 atom stereocenters. The fourth-order valence-electron chi connectivity index (χ4n) is 3.44. The van der Waals surface area contributed by atoms with E-state index in [1.165, 1.54) is 13.5 Å². The standard InChI is InChI=1S/C16H32N2O2/c1-5-11-17-16(15(19)20-4)10-7-8-14(16)9-13-18(3)12-6-2/h14,17H,5-13H2,1-4H3. The Morgan fingerprint density at radius 2 is 2.10 bits per heavy atom. The summed E-state index contributed by atoms with van der Waals surface area (Å²) in [5.74, 6) is 0.340. The highest BCUT2D eigenvalue weighted by molar-refractivity contribution is 5.81. The molecule has 1 aliphatic rings. The molecule has 0 heterocycles. The topological polar surface area (TPSA) is 41.6 Å². The summed E-state index contributed by atoms with van der Waals surface area (Å²) in [4.78, 5) is 14.7. The molecule has 1 aliphatic carbocycles. The van der Waals surface area contributed by atoms with Crippen LogP contribution >= 0.6 is 0 Å². The molecular weight excluding hydrogens is 252 g/mol. The predicted octanol–water partition coefficient (Wildman–Crippen LogP) is 2.43. The lowest BCUT2D eigenvalue weighted by Gasteiger charge is -2.34. The van der Waals surface area contributed by atoms with Crippen LogP contribution in [0.2, 0.25) is 0 Å². The normalized spacial score (nSPS) is 26.1. The largest absolute Gasteiger partial charge is 0.468 e. The number of nitrogens with one attached hydrogen (secondary N) is 1. The molecule has 2 unspecified atom stereocenters. The van der Waals surface area contributed by atoms with Crippen molar-refractivity contribution < 1.29 is 9.53 Å². The van der Waals surface area contributed by atoms with Gasteiger partial charge in [0.2, 0.25) is 0 Å². The molecule has 0 aromatic heterocycles. The SMILES string of the molecule is CCCNC1(C(=O)OC)CCCC1CCN(C)CCC. The van der Waals surface area contributed by atoms with Gasteiger partial charge in [-0.25, -0.2) is 0 Å². The van der Waals surface area contributed by atoms with Crippen LogP contribution in [0.25, 0.3) is 0 Å². The van der Waals surface area contributed by atoms with Crippen LogP contribution in [0.5, 0.6) is 0 Å². The summed E-state index contributed by atoms with van der Waals surface area (Å²) in [5.41, 5.74) is -0.433. The van der Waals surface area contributed by atoms with Gasteiger partial charge in [0, 0.05) is 0 Å². The second-order valence-electron chi connectivity index (χ2n) is 6.07. The van der Waals surface area contributed by atoms with Crippen LogP contribution in [0.1, 0.15) is 52.4 Å². The molecule has 0 radical (unpaired) electrons. The fraction of sp³-hybridized carbons (Fsp3) is 0.938. The smallest absolute Gasteiger partial charge is 0.326 e. The van der Waals surface area contributed by atoms with Crippen LogP contribution in [0, 0.1) is 5.92 Å². The van der Waals surface area contributed by atoms with Crippen molar-refractivity contribution in [2.75, 3.05) is 33.8 Å². The zero-order chi connectivity index (χ0) is 15.0. The molecule has 20 heavy (non-hydrogen) atoms. The lowest BCUT2D eigenvalue weighted by atomic mass is 9.84. The number of hydrogen-bond donors (Lipinski definition) is 1.